The summed E-state index contributed by atoms with van der Waals surface area (Å²) in [6.07, 6.45) is 0. The number of benzene rings is 11. The van der Waals surface area contributed by atoms with Gasteiger partial charge in [-0.3, -0.25) is 0 Å². The Bertz CT molecular complexity index is 3970. The first kappa shape index (κ1) is 40.4. The highest BCUT2D eigenvalue weighted by atomic mass is 16.3. The standard InChI is InChI=1S/C68H47NO/c1-67(2)59-29-16-14-26-52(59)54-40-38-50(42-61(54)67)69(49-23-10-5-11-24-49)63-31-18-32-64-65(63)58-43-57(51-25-12-13-28-56(51)66(58)70-64)45-35-33-44(34-36-45)46-37-39-55-53-27-15-17-30-60(53)68(62(55)41-46,47-19-6-3-7-20-47)48-21-8-4-9-22-48/h3-43H,1-2H3. The first-order valence-electron chi connectivity index (χ1n) is 24.4. The van der Waals surface area contributed by atoms with E-state index < -0.39 is 5.41 Å². The highest BCUT2D eigenvalue weighted by Gasteiger charge is 2.46. The fraction of sp³-hybridized carbons (Fsp3) is 0.0588. The fourth-order valence-corrected chi connectivity index (χ4v) is 12.4. The number of nitrogens with zero attached hydrogens (tertiary/aromatic N) is 1. The molecule has 0 fully saturated rings. The minimum atomic E-state index is -0.454. The Balaban J connectivity index is 0.918. The molecule has 1 heterocycles. The molecule has 2 nitrogen and oxygen atoms in total. The molecule has 0 saturated heterocycles. The molecular formula is C68H47NO. The Labute approximate surface area is 408 Å². The van der Waals surface area contributed by atoms with Gasteiger partial charge in [-0.2, -0.15) is 0 Å². The molecule has 2 aliphatic carbocycles. The van der Waals surface area contributed by atoms with Crippen molar-refractivity contribution in [3.63, 3.8) is 0 Å². The average molecular weight is 894 g/mol. The summed E-state index contributed by atoms with van der Waals surface area (Å²) in [6, 6.07) is 91.6. The van der Waals surface area contributed by atoms with Crippen molar-refractivity contribution in [2.24, 2.45) is 0 Å². The zero-order valence-corrected chi connectivity index (χ0v) is 39.0. The van der Waals surface area contributed by atoms with Crippen LogP contribution in [0.25, 0.3) is 77.2 Å². The summed E-state index contributed by atoms with van der Waals surface area (Å²) in [5, 5.41) is 4.44. The van der Waals surface area contributed by atoms with E-state index in [4.69, 9.17) is 4.42 Å². The molecule has 0 amide bonds. The van der Waals surface area contributed by atoms with Crippen LogP contribution in [0.4, 0.5) is 17.1 Å². The smallest absolute Gasteiger partial charge is 0.143 e. The van der Waals surface area contributed by atoms with Crippen molar-refractivity contribution in [3.8, 4) is 44.5 Å². The molecule has 12 aromatic rings. The largest absolute Gasteiger partial charge is 0.455 e. The van der Waals surface area contributed by atoms with Crippen LogP contribution in [0.2, 0.25) is 0 Å². The predicted octanol–water partition coefficient (Wildman–Crippen LogP) is 18.2. The van der Waals surface area contributed by atoms with E-state index in [0.29, 0.717) is 0 Å². The quantitative estimate of drug-likeness (QED) is 0.158. The van der Waals surface area contributed by atoms with Gasteiger partial charge in [-0.15, -0.1) is 0 Å². The first-order valence-corrected chi connectivity index (χ1v) is 24.4. The van der Waals surface area contributed by atoms with Gasteiger partial charge in [-0.05, 0) is 132 Å². The van der Waals surface area contributed by atoms with E-state index >= 15 is 0 Å². The molecule has 330 valence electrons. The summed E-state index contributed by atoms with van der Waals surface area (Å²) >= 11 is 0. The van der Waals surface area contributed by atoms with Crippen LogP contribution in [0.15, 0.2) is 253 Å². The minimum absolute atomic E-state index is 0.136. The van der Waals surface area contributed by atoms with E-state index in [9.17, 15) is 0 Å². The molecule has 0 radical (unpaired) electrons. The van der Waals surface area contributed by atoms with Gasteiger partial charge in [0.15, 0.2) is 0 Å². The third-order valence-electron chi connectivity index (χ3n) is 15.5. The molecule has 70 heavy (non-hydrogen) atoms. The van der Waals surface area contributed by atoms with Crippen LogP contribution < -0.4 is 4.90 Å². The van der Waals surface area contributed by atoms with Gasteiger partial charge in [0.05, 0.1) is 16.5 Å². The predicted molar refractivity (Wildman–Crippen MR) is 292 cm³/mol. The van der Waals surface area contributed by atoms with E-state index in [1.807, 2.05) is 0 Å². The van der Waals surface area contributed by atoms with Crippen molar-refractivity contribution in [3.05, 3.63) is 282 Å². The van der Waals surface area contributed by atoms with Crippen molar-refractivity contribution in [2.45, 2.75) is 24.7 Å². The van der Waals surface area contributed by atoms with Gasteiger partial charge in [-0.1, -0.05) is 214 Å². The number of para-hydroxylation sites is 1. The normalized spacial score (nSPS) is 13.8. The Morgan fingerprint density at radius 2 is 0.900 bits per heavy atom. The van der Waals surface area contributed by atoms with Crippen LogP contribution in [0.1, 0.15) is 47.2 Å². The van der Waals surface area contributed by atoms with Crippen molar-refractivity contribution in [1.82, 2.24) is 0 Å². The van der Waals surface area contributed by atoms with Gasteiger partial charge in [0, 0.05) is 27.6 Å². The molecule has 0 saturated carbocycles. The van der Waals surface area contributed by atoms with Gasteiger partial charge in [0.2, 0.25) is 0 Å². The van der Waals surface area contributed by atoms with Crippen LogP contribution in [0, 0.1) is 0 Å². The number of fused-ring (bicyclic) bond motifs is 11. The van der Waals surface area contributed by atoms with E-state index in [1.54, 1.807) is 0 Å². The summed E-state index contributed by atoms with van der Waals surface area (Å²) in [4.78, 5) is 2.42. The second-order valence-corrected chi connectivity index (χ2v) is 19.5. The molecule has 0 atom stereocenters. The second kappa shape index (κ2) is 15.4. The third-order valence-corrected chi connectivity index (χ3v) is 15.5. The van der Waals surface area contributed by atoms with E-state index in [2.05, 4.69) is 267 Å². The highest BCUT2D eigenvalue weighted by Crippen LogP contribution is 2.57. The maximum Gasteiger partial charge on any atom is 0.143 e. The second-order valence-electron chi connectivity index (χ2n) is 19.5. The molecule has 14 rings (SSSR count). The van der Waals surface area contributed by atoms with Gasteiger partial charge >= 0.3 is 0 Å². The highest BCUT2D eigenvalue weighted by molar-refractivity contribution is 6.22. The number of hydrogen-bond donors (Lipinski definition) is 0. The Morgan fingerprint density at radius 1 is 0.343 bits per heavy atom. The Morgan fingerprint density at radius 3 is 1.63 bits per heavy atom. The molecule has 0 N–H and O–H groups in total. The van der Waals surface area contributed by atoms with E-state index in [1.165, 1.54) is 72.3 Å². The molecule has 1 aromatic heterocycles. The van der Waals surface area contributed by atoms with Gasteiger partial charge in [0.1, 0.15) is 11.2 Å². The number of rotatable bonds is 7. The lowest BCUT2D eigenvalue weighted by molar-refractivity contribution is 0.660. The third kappa shape index (κ3) is 5.80. The molecule has 2 aliphatic rings. The maximum absolute atomic E-state index is 6.96. The number of furan rings is 1. The van der Waals surface area contributed by atoms with Crippen molar-refractivity contribution >= 4 is 49.8 Å². The van der Waals surface area contributed by atoms with Crippen LogP contribution in [-0.2, 0) is 10.8 Å². The van der Waals surface area contributed by atoms with E-state index in [0.717, 1.165) is 55.3 Å². The number of hydrogen-bond acceptors (Lipinski definition) is 2. The molecule has 0 unspecified atom stereocenters. The van der Waals surface area contributed by atoms with E-state index in [-0.39, 0.29) is 5.41 Å². The van der Waals surface area contributed by atoms with Gasteiger partial charge in [-0.25, -0.2) is 0 Å². The summed E-state index contributed by atoms with van der Waals surface area (Å²) in [7, 11) is 0. The van der Waals surface area contributed by atoms with Crippen molar-refractivity contribution < 1.29 is 4.42 Å². The molecule has 2 heteroatoms. The molecule has 0 spiro atoms. The lowest BCUT2D eigenvalue weighted by Gasteiger charge is -2.34. The van der Waals surface area contributed by atoms with Gasteiger partial charge < -0.3 is 9.32 Å². The van der Waals surface area contributed by atoms with Crippen LogP contribution >= 0.6 is 0 Å². The lowest BCUT2D eigenvalue weighted by Crippen LogP contribution is -2.28. The average Bonchev–Trinajstić information content (AvgIpc) is 4.03. The topological polar surface area (TPSA) is 16.4 Å². The lowest BCUT2D eigenvalue weighted by atomic mass is 9.67. The minimum Gasteiger partial charge on any atom is -0.455 e. The monoisotopic (exact) mass is 893 g/mol. The maximum atomic E-state index is 6.96. The van der Waals surface area contributed by atoms with Crippen LogP contribution in [0.3, 0.4) is 0 Å². The van der Waals surface area contributed by atoms with Crippen LogP contribution in [-0.4, -0.2) is 0 Å². The number of anilines is 3. The SMILES string of the molecule is CC1(C)c2ccccc2-c2ccc(N(c3ccccc3)c3cccc4oc5c6ccccc6c(-c6ccc(-c7ccc8c(c7)C(c7ccccc7)(c7ccccc7)c7ccccc7-8)cc6)cc5c34)cc21. The zero-order chi connectivity index (χ0) is 46.6. The molecule has 0 bridgehead atoms. The summed E-state index contributed by atoms with van der Waals surface area (Å²) < 4.78 is 6.96. The molecular weight excluding hydrogens is 847 g/mol. The molecule has 0 aliphatic heterocycles. The zero-order valence-electron chi connectivity index (χ0n) is 39.0. The van der Waals surface area contributed by atoms with Crippen molar-refractivity contribution in [1.29, 1.82) is 0 Å². The summed E-state index contributed by atoms with van der Waals surface area (Å²) in [5.74, 6) is 0. The van der Waals surface area contributed by atoms with Crippen LogP contribution in [0.5, 0.6) is 0 Å². The Hall–Kier alpha value is -8.72. The summed E-state index contributed by atoms with van der Waals surface area (Å²) in [6.45, 7) is 4.70. The van der Waals surface area contributed by atoms with Gasteiger partial charge in [0.25, 0.3) is 0 Å². The van der Waals surface area contributed by atoms with Crippen molar-refractivity contribution in [2.75, 3.05) is 4.90 Å². The Kier molecular flexibility index (Phi) is 8.88. The molecule has 11 aromatic carbocycles. The summed E-state index contributed by atoms with van der Waals surface area (Å²) in [5.41, 5.74) is 22.2. The first-order chi connectivity index (χ1) is 34.5. The fourth-order valence-electron chi connectivity index (χ4n) is 12.4.